The molecule has 2 heterocycles. The van der Waals surface area contributed by atoms with Crippen LogP contribution in [0.5, 0.6) is 23.0 Å². The summed E-state index contributed by atoms with van der Waals surface area (Å²) in [5, 5.41) is 14.4. The predicted octanol–water partition coefficient (Wildman–Crippen LogP) is 5.43. The SMILES string of the molecule is COc1cc(C=NNC(=O)c2[nH]c3c(C#N)cccc3c2-c2ccccc2)ccc1OC(=O)c1ccc2c(c1)OCO2. The number of aromatic amines is 1. The number of para-hydroxylation sites is 1. The first-order chi connectivity index (χ1) is 20.6. The van der Waals surface area contributed by atoms with E-state index in [1.165, 1.54) is 13.3 Å². The normalized spacial score (nSPS) is 11.8. The molecule has 0 aliphatic carbocycles. The van der Waals surface area contributed by atoms with Gasteiger partial charge in [-0.1, -0.05) is 42.5 Å². The Kier molecular flexibility index (Phi) is 6.97. The summed E-state index contributed by atoms with van der Waals surface area (Å²) >= 11 is 0. The molecule has 6 rings (SSSR count). The fourth-order valence-electron chi connectivity index (χ4n) is 4.64. The number of hydrazone groups is 1. The molecule has 10 nitrogen and oxygen atoms in total. The number of aromatic nitrogens is 1. The number of carbonyl (C=O) groups excluding carboxylic acids is 2. The number of rotatable bonds is 7. The van der Waals surface area contributed by atoms with Gasteiger partial charge in [0.2, 0.25) is 6.79 Å². The summed E-state index contributed by atoms with van der Waals surface area (Å²) in [5.41, 5.74) is 6.20. The van der Waals surface area contributed by atoms with Crippen LogP contribution in [0.3, 0.4) is 0 Å². The first kappa shape index (κ1) is 26.2. The Balaban J connectivity index is 1.20. The van der Waals surface area contributed by atoms with Gasteiger partial charge in [-0.25, -0.2) is 10.2 Å². The van der Waals surface area contributed by atoms with E-state index in [0.29, 0.717) is 45.0 Å². The lowest BCUT2D eigenvalue weighted by Gasteiger charge is -2.10. The van der Waals surface area contributed by atoms with E-state index in [4.69, 9.17) is 18.9 Å². The number of hydrogen-bond acceptors (Lipinski definition) is 8. The number of carbonyl (C=O) groups is 2. The third-order valence-corrected chi connectivity index (χ3v) is 6.62. The number of H-pyrrole nitrogens is 1. The van der Waals surface area contributed by atoms with Crippen LogP contribution in [0.2, 0.25) is 0 Å². The molecule has 206 valence electrons. The molecule has 1 aliphatic rings. The molecule has 0 radical (unpaired) electrons. The van der Waals surface area contributed by atoms with Crippen molar-refractivity contribution >= 4 is 29.0 Å². The summed E-state index contributed by atoms with van der Waals surface area (Å²) in [6.07, 6.45) is 1.44. The maximum absolute atomic E-state index is 13.3. The number of fused-ring (bicyclic) bond motifs is 2. The van der Waals surface area contributed by atoms with E-state index in [-0.39, 0.29) is 18.2 Å². The zero-order valence-corrected chi connectivity index (χ0v) is 22.2. The van der Waals surface area contributed by atoms with Crippen LogP contribution in [0.15, 0.2) is 90.0 Å². The fourth-order valence-corrected chi connectivity index (χ4v) is 4.64. The van der Waals surface area contributed by atoms with E-state index in [2.05, 4.69) is 21.6 Å². The molecule has 0 saturated heterocycles. The lowest BCUT2D eigenvalue weighted by Crippen LogP contribution is -2.18. The smallest absolute Gasteiger partial charge is 0.343 e. The Morgan fingerprint density at radius 3 is 2.62 bits per heavy atom. The molecular weight excluding hydrogens is 536 g/mol. The Morgan fingerprint density at radius 2 is 1.81 bits per heavy atom. The van der Waals surface area contributed by atoms with E-state index >= 15 is 0 Å². The minimum Gasteiger partial charge on any atom is -0.493 e. The average Bonchev–Trinajstić information content (AvgIpc) is 3.66. The number of nitrogens with zero attached hydrogens (tertiary/aromatic N) is 2. The van der Waals surface area contributed by atoms with Crippen molar-refractivity contribution in [2.75, 3.05) is 13.9 Å². The highest BCUT2D eigenvalue weighted by Crippen LogP contribution is 2.35. The number of nitriles is 1. The Labute approximate surface area is 239 Å². The molecule has 1 aliphatic heterocycles. The van der Waals surface area contributed by atoms with Gasteiger partial charge < -0.3 is 23.9 Å². The van der Waals surface area contributed by atoms with Crippen molar-refractivity contribution in [3.63, 3.8) is 0 Å². The fraction of sp³-hybridized carbons (Fsp3) is 0.0625. The van der Waals surface area contributed by atoms with E-state index in [9.17, 15) is 14.9 Å². The van der Waals surface area contributed by atoms with Gasteiger partial charge in [-0.15, -0.1) is 0 Å². The largest absolute Gasteiger partial charge is 0.493 e. The second-order valence-electron chi connectivity index (χ2n) is 9.15. The highest BCUT2D eigenvalue weighted by molar-refractivity contribution is 6.10. The Bertz CT molecular complexity index is 1910. The first-order valence-electron chi connectivity index (χ1n) is 12.8. The van der Waals surface area contributed by atoms with Crippen LogP contribution in [-0.2, 0) is 0 Å². The van der Waals surface area contributed by atoms with Crippen LogP contribution in [0.1, 0.15) is 32.0 Å². The molecule has 0 fully saturated rings. The molecule has 4 aromatic carbocycles. The number of ether oxygens (including phenoxy) is 4. The van der Waals surface area contributed by atoms with Gasteiger partial charge in [-0.3, -0.25) is 4.79 Å². The molecule has 0 spiro atoms. The molecule has 1 aromatic heterocycles. The topological polar surface area (TPSA) is 135 Å². The second kappa shape index (κ2) is 11.2. The molecule has 5 aromatic rings. The summed E-state index contributed by atoms with van der Waals surface area (Å²) in [6, 6.07) is 26.6. The number of amides is 1. The van der Waals surface area contributed by atoms with Gasteiger partial charge in [0.05, 0.1) is 30.0 Å². The number of esters is 1. The van der Waals surface area contributed by atoms with E-state index < -0.39 is 11.9 Å². The van der Waals surface area contributed by atoms with Crippen molar-refractivity contribution in [3.05, 3.63) is 107 Å². The van der Waals surface area contributed by atoms with Crippen LogP contribution in [-0.4, -0.2) is 37.0 Å². The van der Waals surface area contributed by atoms with Crippen LogP contribution < -0.4 is 24.4 Å². The summed E-state index contributed by atoms with van der Waals surface area (Å²) in [6.45, 7) is 0.100. The minimum atomic E-state index is -0.590. The molecule has 0 bridgehead atoms. The number of methoxy groups -OCH3 is 1. The molecule has 0 atom stereocenters. The third kappa shape index (κ3) is 4.98. The summed E-state index contributed by atoms with van der Waals surface area (Å²) in [5.74, 6) is 0.468. The van der Waals surface area contributed by atoms with Gasteiger partial charge in [0.15, 0.2) is 23.0 Å². The first-order valence-corrected chi connectivity index (χ1v) is 12.8. The van der Waals surface area contributed by atoms with E-state index in [1.807, 2.05) is 36.4 Å². The van der Waals surface area contributed by atoms with E-state index in [1.54, 1.807) is 48.5 Å². The van der Waals surface area contributed by atoms with Gasteiger partial charge in [0.1, 0.15) is 11.8 Å². The maximum atomic E-state index is 13.3. The van der Waals surface area contributed by atoms with Crippen molar-refractivity contribution < 1.29 is 28.5 Å². The zero-order valence-electron chi connectivity index (χ0n) is 22.2. The predicted molar refractivity (Wildman–Crippen MR) is 154 cm³/mol. The van der Waals surface area contributed by atoms with Crippen LogP contribution in [0, 0.1) is 11.3 Å². The number of benzene rings is 4. The Hall–Kier alpha value is -6.08. The minimum absolute atomic E-state index is 0.100. The van der Waals surface area contributed by atoms with E-state index in [0.717, 1.165) is 10.9 Å². The van der Waals surface area contributed by atoms with Gasteiger partial charge in [-0.2, -0.15) is 10.4 Å². The highest BCUT2D eigenvalue weighted by Gasteiger charge is 2.21. The van der Waals surface area contributed by atoms with Crippen molar-refractivity contribution in [2.24, 2.45) is 5.10 Å². The van der Waals surface area contributed by atoms with Crippen LogP contribution in [0.25, 0.3) is 22.0 Å². The quantitative estimate of drug-likeness (QED) is 0.118. The summed E-state index contributed by atoms with van der Waals surface area (Å²) < 4.78 is 21.5. The average molecular weight is 559 g/mol. The van der Waals surface area contributed by atoms with Crippen molar-refractivity contribution in [3.8, 4) is 40.2 Å². The summed E-state index contributed by atoms with van der Waals surface area (Å²) in [4.78, 5) is 29.1. The highest BCUT2D eigenvalue weighted by atomic mass is 16.7. The lowest BCUT2D eigenvalue weighted by atomic mass is 10.0. The third-order valence-electron chi connectivity index (χ3n) is 6.62. The second-order valence-corrected chi connectivity index (χ2v) is 9.15. The van der Waals surface area contributed by atoms with Crippen LogP contribution in [0.4, 0.5) is 0 Å². The van der Waals surface area contributed by atoms with Crippen LogP contribution >= 0.6 is 0 Å². The van der Waals surface area contributed by atoms with Crippen molar-refractivity contribution in [2.45, 2.75) is 0 Å². The molecular formula is C32H22N4O6. The maximum Gasteiger partial charge on any atom is 0.343 e. The molecule has 10 heteroatoms. The monoisotopic (exact) mass is 558 g/mol. The number of nitrogens with one attached hydrogen (secondary N) is 2. The standard InChI is InChI=1S/C32H22N4O6/c1-39-26-14-19(10-12-25(26)42-32(38)21-11-13-24-27(15-21)41-18-40-24)17-34-36-31(37)30-28(20-6-3-2-4-7-20)23-9-5-8-22(16-33)29(23)35-30/h2-15,17,35H,18H2,1H3,(H,36,37). The summed E-state index contributed by atoms with van der Waals surface area (Å²) in [7, 11) is 1.45. The van der Waals surface area contributed by atoms with Crippen molar-refractivity contribution in [1.82, 2.24) is 10.4 Å². The molecule has 2 N–H and O–H groups in total. The molecule has 0 unspecified atom stereocenters. The van der Waals surface area contributed by atoms with Crippen molar-refractivity contribution in [1.29, 1.82) is 5.26 Å². The molecule has 42 heavy (non-hydrogen) atoms. The zero-order chi connectivity index (χ0) is 29.1. The molecule has 1 amide bonds. The Morgan fingerprint density at radius 1 is 0.976 bits per heavy atom. The van der Waals surface area contributed by atoms with Gasteiger partial charge in [0, 0.05) is 10.9 Å². The van der Waals surface area contributed by atoms with Gasteiger partial charge >= 0.3 is 5.97 Å². The molecule has 0 saturated carbocycles. The number of hydrogen-bond donors (Lipinski definition) is 2. The lowest BCUT2D eigenvalue weighted by molar-refractivity contribution is 0.0729. The van der Waals surface area contributed by atoms with Gasteiger partial charge in [-0.05, 0) is 53.6 Å². The van der Waals surface area contributed by atoms with Gasteiger partial charge in [0.25, 0.3) is 5.91 Å².